The smallest absolute Gasteiger partial charge is 0.317 e. The zero-order chi connectivity index (χ0) is 17.9. The number of alkyl halides is 2. The van der Waals surface area contributed by atoms with Gasteiger partial charge in [-0.3, -0.25) is 4.98 Å². The molecular weight excluding hydrogens is 332 g/mol. The van der Waals surface area contributed by atoms with Gasteiger partial charge in [0.25, 0.3) is 5.92 Å². The maximum absolute atomic E-state index is 13.6. The van der Waals surface area contributed by atoms with Crippen LogP contribution < -0.4 is 5.32 Å². The highest BCUT2D eigenvalue weighted by atomic mass is 19.3. The van der Waals surface area contributed by atoms with E-state index in [1.807, 2.05) is 6.07 Å². The number of halogens is 2. The largest absolute Gasteiger partial charge is 0.381 e. The molecule has 0 aliphatic carbocycles. The molecule has 1 aromatic rings. The Morgan fingerprint density at radius 1 is 1.40 bits per heavy atom. The minimum atomic E-state index is -3.03. The first-order valence-electron chi connectivity index (χ1n) is 8.42. The lowest BCUT2D eigenvalue weighted by Crippen LogP contribution is -2.50. The van der Waals surface area contributed by atoms with Crippen molar-refractivity contribution in [3.63, 3.8) is 0 Å². The first-order valence-corrected chi connectivity index (χ1v) is 8.42. The Morgan fingerprint density at radius 2 is 2.24 bits per heavy atom. The molecule has 6 nitrogen and oxygen atoms in total. The van der Waals surface area contributed by atoms with Crippen molar-refractivity contribution in [3.8, 4) is 0 Å². The molecule has 0 radical (unpaired) electrons. The molecule has 1 aromatic heterocycles. The molecule has 2 aliphatic heterocycles. The molecule has 3 rings (SSSR count). The first kappa shape index (κ1) is 18.0. The van der Waals surface area contributed by atoms with Crippen LogP contribution in [0.2, 0.25) is 0 Å². The van der Waals surface area contributed by atoms with Crippen LogP contribution in [0.15, 0.2) is 18.5 Å². The number of nitrogens with zero attached hydrogens (tertiary/aromatic N) is 2. The van der Waals surface area contributed by atoms with Gasteiger partial charge in [-0.25, -0.2) is 13.6 Å². The van der Waals surface area contributed by atoms with Crippen molar-refractivity contribution in [2.24, 2.45) is 5.92 Å². The molecule has 0 aromatic carbocycles. The van der Waals surface area contributed by atoms with Gasteiger partial charge in [0.05, 0.1) is 6.61 Å². The second-order valence-electron chi connectivity index (χ2n) is 6.71. The molecule has 0 saturated carbocycles. The van der Waals surface area contributed by atoms with E-state index >= 15 is 0 Å². The highest BCUT2D eigenvalue weighted by molar-refractivity contribution is 5.74. The molecule has 1 N–H and O–H groups in total. The van der Waals surface area contributed by atoms with E-state index in [1.54, 1.807) is 19.4 Å². The third kappa shape index (κ3) is 4.43. The highest BCUT2D eigenvalue weighted by Gasteiger charge is 2.46. The number of carbonyl (C=O) groups excluding carboxylic acids is 1. The third-order valence-electron chi connectivity index (χ3n) is 4.68. The van der Waals surface area contributed by atoms with Crippen LogP contribution in [0.4, 0.5) is 13.6 Å². The van der Waals surface area contributed by atoms with Crippen molar-refractivity contribution in [2.75, 3.05) is 33.5 Å². The molecule has 2 aliphatic rings. The summed E-state index contributed by atoms with van der Waals surface area (Å²) in [5.41, 5.74) is 2.03. The normalized spacial score (nSPS) is 25.1. The number of rotatable bonds is 5. The Kier molecular flexibility index (Phi) is 5.48. The molecule has 2 amide bonds. The predicted octanol–water partition coefficient (Wildman–Crippen LogP) is 1.84. The number of urea groups is 1. The molecule has 2 fully saturated rings. The topological polar surface area (TPSA) is 63.7 Å². The fourth-order valence-electron chi connectivity index (χ4n) is 3.12. The van der Waals surface area contributed by atoms with E-state index in [0.717, 1.165) is 37.2 Å². The number of nitrogens with one attached hydrogen (secondary N) is 1. The summed E-state index contributed by atoms with van der Waals surface area (Å²) < 4.78 is 37.3. The van der Waals surface area contributed by atoms with Crippen molar-refractivity contribution in [3.05, 3.63) is 29.6 Å². The summed E-state index contributed by atoms with van der Waals surface area (Å²) in [6.45, 7) is 1.02. The number of pyridine rings is 1. The third-order valence-corrected chi connectivity index (χ3v) is 4.68. The van der Waals surface area contributed by atoms with Gasteiger partial charge in [-0.15, -0.1) is 0 Å². The van der Waals surface area contributed by atoms with Gasteiger partial charge >= 0.3 is 6.03 Å². The number of hydrogen-bond acceptors (Lipinski definition) is 4. The van der Waals surface area contributed by atoms with Gasteiger partial charge in [0.15, 0.2) is 0 Å². The van der Waals surface area contributed by atoms with Crippen LogP contribution in [0.3, 0.4) is 0 Å². The fourth-order valence-corrected chi connectivity index (χ4v) is 3.12. The molecule has 25 heavy (non-hydrogen) atoms. The summed E-state index contributed by atoms with van der Waals surface area (Å²) in [6, 6.07) is 0.0412. The SMILES string of the molecule is CN(Cc1ccncc1C[C@@H]1CCOC1)C(=O)N[C@H]1COCC1(F)F. The Bertz CT molecular complexity index is 609. The zero-order valence-corrected chi connectivity index (χ0v) is 14.2. The molecule has 2 saturated heterocycles. The summed E-state index contributed by atoms with van der Waals surface area (Å²) in [5.74, 6) is -2.57. The van der Waals surface area contributed by atoms with Crippen LogP contribution in [0.25, 0.3) is 0 Å². The summed E-state index contributed by atoms with van der Waals surface area (Å²) in [6.07, 6.45) is 5.33. The Labute approximate surface area is 145 Å². The zero-order valence-electron chi connectivity index (χ0n) is 14.2. The van der Waals surface area contributed by atoms with Crippen LogP contribution in [0.5, 0.6) is 0 Å². The van der Waals surface area contributed by atoms with Gasteiger partial charge < -0.3 is 19.7 Å². The first-order chi connectivity index (χ1) is 12.0. The van der Waals surface area contributed by atoms with Crippen LogP contribution in [0.1, 0.15) is 17.5 Å². The molecular formula is C17H23F2N3O3. The Hall–Kier alpha value is -1.80. The second-order valence-corrected chi connectivity index (χ2v) is 6.71. The quantitative estimate of drug-likeness (QED) is 0.875. The van der Waals surface area contributed by atoms with Gasteiger partial charge in [0.2, 0.25) is 0 Å². The molecule has 2 atom stereocenters. The highest BCUT2D eigenvalue weighted by Crippen LogP contribution is 2.25. The van der Waals surface area contributed by atoms with E-state index in [-0.39, 0.29) is 6.61 Å². The average Bonchev–Trinajstić information content (AvgIpc) is 3.19. The lowest BCUT2D eigenvalue weighted by Gasteiger charge is -2.24. The average molecular weight is 355 g/mol. The summed E-state index contributed by atoms with van der Waals surface area (Å²) in [5, 5.41) is 2.36. The van der Waals surface area contributed by atoms with Crippen LogP contribution in [-0.2, 0) is 22.4 Å². The van der Waals surface area contributed by atoms with Crippen molar-refractivity contribution in [1.82, 2.24) is 15.2 Å². The summed E-state index contributed by atoms with van der Waals surface area (Å²) in [4.78, 5) is 17.8. The van der Waals surface area contributed by atoms with Gasteiger partial charge in [0, 0.05) is 39.2 Å². The Balaban J connectivity index is 1.60. The summed E-state index contributed by atoms with van der Waals surface area (Å²) >= 11 is 0. The van der Waals surface area contributed by atoms with Crippen LogP contribution >= 0.6 is 0 Å². The van der Waals surface area contributed by atoms with Gasteiger partial charge in [-0.05, 0) is 36.0 Å². The number of ether oxygens (including phenoxy) is 2. The molecule has 8 heteroatoms. The molecule has 3 heterocycles. The number of amides is 2. The number of carbonyl (C=O) groups is 1. The lowest BCUT2D eigenvalue weighted by atomic mass is 9.96. The molecule has 0 unspecified atom stereocenters. The maximum Gasteiger partial charge on any atom is 0.317 e. The van der Waals surface area contributed by atoms with Crippen LogP contribution in [0, 0.1) is 5.92 Å². The van der Waals surface area contributed by atoms with E-state index in [4.69, 9.17) is 9.47 Å². The van der Waals surface area contributed by atoms with Crippen molar-refractivity contribution in [1.29, 1.82) is 0 Å². The molecule has 0 bridgehead atoms. The van der Waals surface area contributed by atoms with Crippen molar-refractivity contribution < 1.29 is 23.0 Å². The number of aromatic nitrogens is 1. The van der Waals surface area contributed by atoms with Crippen LogP contribution in [-0.4, -0.2) is 61.4 Å². The standard InChI is InChI=1S/C17H23F2N3O3/c1-22(16(23)21-15-10-25-11-17(15,18)19)8-13-2-4-20-7-14(13)6-12-3-5-24-9-12/h2,4,7,12,15H,3,5-6,8-11H2,1H3,(H,21,23)/t12-,15-/m0/s1. The van der Waals surface area contributed by atoms with Crippen molar-refractivity contribution >= 4 is 6.03 Å². The molecule has 138 valence electrons. The minimum Gasteiger partial charge on any atom is -0.381 e. The van der Waals surface area contributed by atoms with E-state index in [2.05, 4.69) is 10.3 Å². The maximum atomic E-state index is 13.6. The summed E-state index contributed by atoms with van der Waals surface area (Å²) in [7, 11) is 1.59. The second kappa shape index (κ2) is 7.61. The van der Waals surface area contributed by atoms with Gasteiger partial charge in [-0.1, -0.05) is 0 Å². The predicted molar refractivity (Wildman–Crippen MR) is 86.4 cm³/mol. The van der Waals surface area contributed by atoms with Gasteiger partial charge in [-0.2, -0.15) is 0 Å². The number of hydrogen-bond donors (Lipinski definition) is 1. The monoisotopic (exact) mass is 355 g/mol. The lowest BCUT2D eigenvalue weighted by molar-refractivity contribution is -0.0222. The fraction of sp³-hybridized carbons (Fsp3) is 0.647. The van der Waals surface area contributed by atoms with E-state index in [9.17, 15) is 13.6 Å². The minimum absolute atomic E-state index is 0.172. The van der Waals surface area contributed by atoms with E-state index in [1.165, 1.54) is 4.90 Å². The van der Waals surface area contributed by atoms with Crippen molar-refractivity contribution in [2.45, 2.75) is 31.4 Å². The van der Waals surface area contributed by atoms with E-state index in [0.29, 0.717) is 12.5 Å². The van der Waals surface area contributed by atoms with Gasteiger partial charge in [0.1, 0.15) is 12.6 Å². The van der Waals surface area contributed by atoms with E-state index < -0.39 is 24.6 Å². The Morgan fingerprint density at radius 3 is 2.92 bits per heavy atom. The molecule has 0 spiro atoms.